The van der Waals surface area contributed by atoms with Gasteiger partial charge < -0.3 is 5.73 Å². The van der Waals surface area contributed by atoms with E-state index in [0.29, 0.717) is 5.54 Å². The Balaban J connectivity index is 2.16. The predicted molar refractivity (Wildman–Crippen MR) is 46.4 cm³/mol. The van der Waals surface area contributed by atoms with Gasteiger partial charge in [-0.3, -0.25) is 4.90 Å². The number of hydrogen-bond acceptors (Lipinski definition) is 2. The molecule has 0 amide bonds. The number of rotatable bonds is 1. The molecule has 2 bridgehead atoms. The van der Waals surface area contributed by atoms with E-state index in [1.165, 1.54) is 32.2 Å². The average molecular weight is 154 g/mol. The van der Waals surface area contributed by atoms with Crippen LogP contribution in [-0.2, 0) is 0 Å². The zero-order valence-electron chi connectivity index (χ0n) is 7.34. The van der Waals surface area contributed by atoms with Gasteiger partial charge in [0.1, 0.15) is 0 Å². The molecule has 11 heavy (non-hydrogen) atoms. The molecule has 64 valence electrons. The van der Waals surface area contributed by atoms with Crippen LogP contribution in [0.2, 0.25) is 0 Å². The molecule has 3 aliphatic rings. The minimum Gasteiger partial charge on any atom is -0.329 e. The van der Waals surface area contributed by atoms with Gasteiger partial charge in [0, 0.05) is 18.6 Å². The lowest BCUT2D eigenvalue weighted by molar-refractivity contribution is -0.00897. The largest absolute Gasteiger partial charge is 0.329 e. The normalized spacial score (nSPS) is 44.7. The Morgan fingerprint density at radius 1 is 1.45 bits per heavy atom. The quantitative estimate of drug-likeness (QED) is 0.606. The number of nitrogens with zero attached hydrogens (tertiary/aromatic N) is 1. The topological polar surface area (TPSA) is 29.3 Å². The van der Waals surface area contributed by atoms with Crippen molar-refractivity contribution in [2.45, 2.75) is 31.2 Å². The summed E-state index contributed by atoms with van der Waals surface area (Å²) in [5.74, 6) is 0.980. The Labute approximate surface area is 68.7 Å². The van der Waals surface area contributed by atoms with Gasteiger partial charge >= 0.3 is 0 Å². The van der Waals surface area contributed by atoms with Crippen LogP contribution in [0.3, 0.4) is 0 Å². The highest BCUT2D eigenvalue weighted by molar-refractivity contribution is 5.00. The van der Waals surface area contributed by atoms with Crippen molar-refractivity contribution >= 4 is 0 Å². The second-order valence-corrected chi connectivity index (χ2v) is 4.25. The van der Waals surface area contributed by atoms with E-state index in [0.717, 1.165) is 12.5 Å². The molecule has 0 aromatic carbocycles. The van der Waals surface area contributed by atoms with Gasteiger partial charge in [-0.15, -0.1) is 0 Å². The van der Waals surface area contributed by atoms with Gasteiger partial charge in [0.05, 0.1) is 0 Å². The van der Waals surface area contributed by atoms with Crippen LogP contribution in [0.4, 0.5) is 0 Å². The molecule has 1 saturated carbocycles. The molecule has 3 rings (SSSR count). The van der Waals surface area contributed by atoms with E-state index in [4.69, 9.17) is 5.73 Å². The van der Waals surface area contributed by atoms with Gasteiger partial charge in [0.15, 0.2) is 0 Å². The summed E-state index contributed by atoms with van der Waals surface area (Å²) in [7, 11) is 2.23. The Morgan fingerprint density at radius 2 is 2.09 bits per heavy atom. The molecule has 0 spiro atoms. The summed E-state index contributed by atoms with van der Waals surface area (Å²) in [6.45, 7) is 2.15. The van der Waals surface area contributed by atoms with Crippen LogP contribution in [0.15, 0.2) is 0 Å². The summed E-state index contributed by atoms with van der Waals surface area (Å²) in [6.07, 6.45) is 5.51. The van der Waals surface area contributed by atoms with E-state index in [2.05, 4.69) is 11.9 Å². The zero-order chi connectivity index (χ0) is 7.90. The van der Waals surface area contributed by atoms with Crippen LogP contribution in [0.1, 0.15) is 25.7 Å². The molecule has 0 aromatic heterocycles. The summed E-state index contributed by atoms with van der Waals surface area (Å²) in [5.41, 5.74) is 6.22. The minimum absolute atomic E-state index is 0.398. The van der Waals surface area contributed by atoms with Gasteiger partial charge in [0.2, 0.25) is 0 Å². The van der Waals surface area contributed by atoms with E-state index in [-0.39, 0.29) is 0 Å². The molecule has 2 heteroatoms. The lowest BCUT2D eigenvalue weighted by Gasteiger charge is -2.53. The number of piperidine rings is 2. The molecule has 0 unspecified atom stereocenters. The third-order valence-electron chi connectivity index (χ3n) is 3.76. The molecule has 0 radical (unpaired) electrons. The summed E-state index contributed by atoms with van der Waals surface area (Å²) in [6, 6.07) is 0. The maximum atomic E-state index is 5.82. The maximum absolute atomic E-state index is 5.82. The van der Waals surface area contributed by atoms with Crippen LogP contribution >= 0.6 is 0 Å². The lowest BCUT2D eigenvalue weighted by Crippen LogP contribution is -2.60. The first kappa shape index (κ1) is 7.56. The van der Waals surface area contributed by atoms with Crippen molar-refractivity contribution in [1.82, 2.24) is 4.90 Å². The third-order valence-corrected chi connectivity index (χ3v) is 3.76. The Hall–Kier alpha value is -0.0800. The van der Waals surface area contributed by atoms with Crippen molar-refractivity contribution in [3.05, 3.63) is 0 Å². The van der Waals surface area contributed by atoms with Crippen LogP contribution in [0.25, 0.3) is 0 Å². The smallest absolute Gasteiger partial charge is 0.0329 e. The highest BCUT2D eigenvalue weighted by Crippen LogP contribution is 2.41. The van der Waals surface area contributed by atoms with Crippen molar-refractivity contribution in [1.29, 1.82) is 0 Å². The van der Waals surface area contributed by atoms with E-state index < -0.39 is 0 Å². The molecule has 3 fully saturated rings. The molecular weight excluding hydrogens is 136 g/mol. The minimum atomic E-state index is 0.398. The second kappa shape index (κ2) is 2.46. The summed E-state index contributed by atoms with van der Waals surface area (Å²) in [4.78, 5) is 2.49. The zero-order valence-corrected chi connectivity index (χ0v) is 7.34. The number of hydrogen-bond donors (Lipinski definition) is 1. The van der Waals surface area contributed by atoms with Gasteiger partial charge in [-0.25, -0.2) is 0 Å². The molecule has 2 aliphatic heterocycles. The number of fused-ring (bicyclic) bond motifs is 3. The van der Waals surface area contributed by atoms with Crippen LogP contribution in [0, 0.1) is 5.92 Å². The van der Waals surface area contributed by atoms with Crippen LogP contribution in [-0.4, -0.2) is 30.6 Å². The summed E-state index contributed by atoms with van der Waals surface area (Å²) < 4.78 is 0. The van der Waals surface area contributed by atoms with E-state index in [1.807, 2.05) is 0 Å². The first-order valence-electron chi connectivity index (χ1n) is 4.68. The van der Waals surface area contributed by atoms with Gasteiger partial charge in [-0.2, -0.15) is 0 Å². The molecule has 2 nitrogen and oxygen atoms in total. The van der Waals surface area contributed by atoms with Crippen LogP contribution < -0.4 is 5.73 Å². The Morgan fingerprint density at radius 3 is 2.45 bits per heavy atom. The predicted octanol–water partition coefficient (Wildman–Crippen LogP) is 0.819. The second-order valence-electron chi connectivity index (χ2n) is 4.25. The van der Waals surface area contributed by atoms with Crippen LogP contribution in [0.5, 0.6) is 0 Å². The molecule has 2 N–H and O–H groups in total. The van der Waals surface area contributed by atoms with Gasteiger partial charge in [-0.05, 0) is 38.6 Å². The molecular formula is C9H18N2. The van der Waals surface area contributed by atoms with Crippen molar-refractivity contribution < 1.29 is 0 Å². The fraction of sp³-hybridized carbons (Fsp3) is 1.00. The highest BCUT2D eigenvalue weighted by Gasteiger charge is 2.42. The van der Waals surface area contributed by atoms with Crippen molar-refractivity contribution in [2.75, 3.05) is 20.1 Å². The molecule has 2 heterocycles. The van der Waals surface area contributed by atoms with Gasteiger partial charge in [-0.1, -0.05) is 0 Å². The maximum Gasteiger partial charge on any atom is 0.0329 e. The van der Waals surface area contributed by atoms with Crippen molar-refractivity contribution in [3.63, 3.8) is 0 Å². The fourth-order valence-corrected chi connectivity index (χ4v) is 2.72. The molecule has 0 atom stereocenters. The SMILES string of the molecule is CN1CC2CCC1(CN)CC2. The Bertz CT molecular complexity index is 148. The molecule has 1 aliphatic carbocycles. The third kappa shape index (κ3) is 1.00. The average Bonchev–Trinajstić information content (AvgIpc) is 2.07. The summed E-state index contributed by atoms with van der Waals surface area (Å²) >= 11 is 0. The lowest BCUT2D eigenvalue weighted by atomic mass is 9.71. The highest BCUT2D eigenvalue weighted by atomic mass is 15.2. The van der Waals surface area contributed by atoms with Crippen molar-refractivity contribution in [2.24, 2.45) is 11.7 Å². The number of nitrogens with two attached hydrogens (primary N) is 1. The fourth-order valence-electron chi connectivity index (χ4n) is 2.72. The molecule has 0 aromatic rings. The van der Waals surface area contributed by atoms with Gasteiger partial charge in [0.25, 0.3) is 0 Å². The first-order valence-corrected chi connectivity index (χ1v) is 4.68. The van der Waals surface area contributed by atoms with E-state index in [1.54, 1.807) is 0 Å². The monoisotopic (exact) mass is 154 g/mol. The van der Waals surface area contributed by atoms with E-state index >= 15 is 0 Å². The van der Waals surface area contributed by atoms with Crippen molar-refractivity contribution in [3.8, 4) is 0 Å². The standard InChI is InChI=1S/C9H18N2/c1-11-6-8-2-4-9(11,7-10)5-3-8/h8H,2-7,10H2,1H3. The number of likely N-dealkylation sites (N-methyl/N-ethyl adjacent to an activating group) is 1. The Kier molecular flexibility index (Phi) is 1.69. The summed E-state index contributed by atoms with van der Waals surface area (Å²) in [5, 5.41) is 0. The van der Waals surface area contributed by atoms with E-state index in [9.17, 15) is 0 Å². The first-order chi connectivity index (χ1) is 5.27. The molecule has 2 saturated heterocycles.